The summed E-state index contributed by atoms with van der Waals surface area (Å²) in [5.74, 6) is -0.938. The van der Waals surface area contributed by atoms with Crippen molar-refractivity contribution in [3.63, 3.8) is 0 Å². The van der Waals surface area contributed by atoms with Gasteiger partial charge in [-0.2, -0.15) is 0 Å². The summed E-state index contributed by atoms with van der Waals surface area (Å²) in [6, 6.07) is 28.6. The standard InChI is InChI=1S/C35H42O8/c1-3-14-28(36)42-34-32(40-23-26-18-10-6-11-19-26)30(38)31(39-22-25-16-8-5-9-17-25)33(35(34)43-29(37)15-4-2)41-24-27-20-12-7-13-21-27/h5-13,16-21,30-35,38H,3-4,14-15,22-24H2,1-2H3/t30-,31+,32-,33-,34+,35+/m0/s1. The van der Waals surface area contributed by atoms with Gasteiger partial charge in [0.2, 0.25) is 0 Å². The molecule has 8 heteroatoms. The van der Waals surface area contributed by atoms with Crippen molar-refractivity contribution in [1.29, 1.82) is 0 Å². The molecule has 4 rings (SSSR count). The molecular formula is C35H42O8. The van der Waals surface area contributed by atoms with Crippen molar-refractivity contribution in [1.82, 2.24) is 0 Å². The third kappa shape index (κ3) is 9.46. The van der Waals surface area contributed by atoms with Gasteiger partial charge in [0.05, 0.1) is 19.8 Å². The first-order valence-electron chi connectivity index (χ1n) is 15.0. The van der Waals surface area contributed by atoms with Crippen LogP contribution in [0.4, 0.5) is 0 Å². The summed E-state index contributed by atoms with van der Waals surface area (Å²) in [7, 11) is 0. The van der Waals surface area contributed by atoms with Crippen molar-refractivity contribution >= 4 is 11.9 Å². The van der Waals surface area contributed by atoms with Crippen LogP contribution in [0.2, 0.25) is 0 Å². The molecule has 0 aliphatic heterocycles. The highest BCUT2D eigenvalue weighted by atomic mass is 16.6. The van der Waals surface area contributed by atoms with Gasteiger partial charge < -0.3 is 28.8 Å². The number of benzene rings is 3. The Morgan fingerprint density at radius 3 is 1.23 bits per heavy atom. The number of esters is 2. The Kier molecular flexibility index (Phi) is 12.7. The Balaban J connectivity index is 1.71. The predicted octanol–water partition coefficient (Wildman–Crippen LogP) is 5.54. The number of hydrogen-bond donors (Lipinski definition) is 1. The monoisotopic (exact) mass is 590 g/mol. The van der Waals surface area contributed by atoms with E-state index in [1.54, 1.807) is 0 Å². The highest BCUT2D eigenvalue weighted by Crippen LogP contribution is 2.34. The van der Waals surface area contributed by atoms with Crippen molar-refractivity contribution in [2.75, 3.05) is 0 Å². The van der Waals surface area contributed by atoms with Crippen molar-refractivity contribution in [2.45, 2.75) is 96.0 Å². The Labute approximate surface area is 253 Å². The molecule has 43 heavy (non-hydrogen) atoms. The zero-order valence-corrected chi connectivity index (χ0v) is 24.9. The van der Waals surface area contributed by atoms with Crippen molar-refractivity contribution in [3.05, 3.63) is 108 Å². The molecule has 1 aliphatic carbocycles. The molecule has 0 spiro atoms. The topological polar surface area (TPSA) is 101 Å². The number of aliphatic hydroxyl groups is 1. The van der Waals surface area contributed by atoms with E-state index in [0.29, 0.717) is 12.8 Å². The second-order valence-corrected chi connectivity index (χ2v) is 10.7. The normalized spacial score (nSPS) is 23.4. The van der Waals surface area contributed by atoms with Crippen LogP contribution >= 0.6 is 0 Å². The van der Waals surface area contributed by atoms with Crippen molar-refractivity contribution in [3.8, 4) is 0 Å². The van der Waals surface area contributed by atoms with Crippen LogP contribution in [0.3, 0.4) is 0 Å². The average Bonchev–Trinajstić information content (AvgIpc) is 3.02. The molecule has 0 saturated heterocycles. The van der Waals surface area contributed by atoms with Crippen LogP contribution in [-0.4, -0.2) is 53.7 Å². The van der Waals surface area contributed by atoms with E-state index < -0.39 is 48.6 Å². The minimum Gasteiger partial charge on any atom is -0.455 e. The van der Waals surface area contributed by atoms with Crippen LogP contribution in [-0.2, 0) is 53.1 Å². The van der Waals surface area contributed by atoms with Gasteiger partial charge in [0.25, 0.3) is 0 Å². The number of aliphatic hydroxyl groups excluding tert-OH is 1. The van der Waals surface area contributed by atoms with E-state index in [2.05, 4.69) is 0 Å². The van der Waals surface area contributed by atoms with E-state index in [1.807, 2.05) is 105 Å². The molecule has 6 atom stereocenters. The molecule has 3 aromatic carbocycles. The van der Waals surface area contributed by atoms with E-state index in [9.17, 15) is 14.7 Å². The summed E-state index contributed by atoms with van der Waals surface area (Å²) in [5.41, 5.74) is 2.66. The fourth-order valence-electron chi connectivity index (χ4n) is 5.11. The number of rotatable bonds is 15. The molecule has 1 N–H and O–H groups in total. The molecule has 0 aromatic heterocycles. The van der Waals surface area contributed by atoms with Crippen LogP contribution in [0.1, 0.15) is 56.2 Å². The second-order valence-electron chi connectivity index (χ2n) is 10.7. The quantitative estimate of drug-likeness (QED) is 0.230. The maximum absolute atomic E-state index is 13.0. The van der Waals surface area contributed by atoms with Crippen LogP contribution in [0.25, 0.3) is 0 Å². The summed E-state index contributed by atoms with van der Waals surface area (Å²) in [6.07, 6.45) is -4.99. The summed E-state index contributed by atoms with van der Waals surface area (Å²) >= 11 is 0. The molecule has 3 aromatic rings. The van der Waals surface area contributed by atoms with Crippen LogP contribution in [0, 0.1) is 0 Å². The molecule has 0 radical (unpaired) electrons. The number of ether oxygens (including phenoxy) is 5. The first-order chi connectivity index (χ1) is 21.0. The molecular weight excluding hydrogens is 548 g/mol. The van der Waals surface area contributed by atoms with E-state index in [1.165, 1.54) is 0 Å². The van der Waals surface area contributed by atoms with E-state index in [-0.39, 0.29) is 32.7 Å². The maximum atomic E-state index is 13.0. The van der Waals surface area contributed by atoms with Crippen LogP contribution < -0.4 is 0 Å². The average molecular weight is 591 g/mol. The van der Waals surface area contributed by atoms with Gasteiger partial charge in [0.15, 0.2) is 12.2 Å². The molecule has 1 saturated carbocycles. The Bertz CT molecular complexity index is 1240. The predicted molar refractivity (Wildman–Crippen MR) is 161 cm³/mol. The lowest BCUT2D eigenvalue weighted by Gasteiger charge is -2.47. The smallest absolute Gasteiger partial charge is 0.306 e. The van der Waals surface area contributed by atoms with E-state index >= 15 is 0 Å². The third-order valence-electron chi connectivity index (χ3n) is 7.27. The highest BCUT2D eigenvalue weighted by molar-refractivity contribution is 5.70. The van der Waals surface area contributed by atoms with Gasteiger partial charge in [-0.05, 0) is 29.5 Å². The lowest BCUT2D eigenvalue weighted by atomic mass is 9.83. The minimum atomic E-state index is -1.27. The fraction of sp³-hybridized carbons (Fsp3) is 0.429. The van der Waals surface area contributed by atoms with Crippen LogP contribution in [0.5, 0.6) is 0 Å². The lowest BCUT2D eigenvalue weighted by molar-refractivity contribution is -0.271. The summed E-state index contributed by atoms with van der Waals surface area (Å²) in [6.45, 7) is 4.23. The first-order valence-corrected chi connectivity index (χ1v) is 15.0. The molecule has 8 nitrogen and oxygen atoms in total. The Morgan fingerprint density at radius 1 is 0.535 bits per heavy atom. The first kappa shape index (κ1) is 32.4. The number of carbonyl (C=O) groups is 2. The number of carbonyl (C=O) groups excluding carboxylic acids is 2. The fourth-order valence-corrected chi connectivity index (χ4v) is 5.11. The van der Waals surface area contributed by atoms with Crippen LogP contribution in [0.15, 0.2) is 91.0 Å². The van der Waals surface area contributed by atoms with E-state index in [4.69, 9.17) is 23.7 Å². The number of hydrogen-bond acceptors (Lipinski definition) is 8. The van der Waals surface area contributed by atoms with Gasteiger partial charge >= 0.3 is 11.9 Å². The lowest BCUT2D eigenvalue weighted by Crippen LogP contribution is -2.67. The summed E-state index contributed by atoms with van der Waals surface area (Å²) in [4.78, 5) is 25.9. The summed E-state index contributed by atoms with van der Waals surface area (Å²) < 4.78 is 31.0. The van der Waals surface area contributed by atoms with E-state index in [0.717, 1.165) is 16.7 Å². The van der Waals surface area contributed by atoms with Gasteiger partial charge in [-0.15, -0.1) is 0 Å². The van der Waals surface area contributed by atoms with Gasteiger partial charge in [-0.3, -0.25) is 9.59 Å². The Morgan fingerprint density at radius 2 is 0.860 bits per heavy atom. The molecule has 0 amide bonds. The molecule has 0 unspecified atom stereocenters. The maximum Gasteiger partial charge on any atom is 0.306 e. The highest BCUT2D eigenvalue weighted by Gasteiger charge is 2.56. The van der Waals surface area contributed by atoms with Gasteiger partial charge in [0, 0.05) is 12.8 Å². The summed E-state index contributed by atoms with van der Waals surface area (Å²) in [5, 5.41) is 11.9. The third-order valence-corrected chi connectivity index (χ3v) is 7.27. The SMILES string of the molecule is CCCC(=O)O[C@@H]1[C@@H](OCc2ccccc2)[C@H](OCc2ccccc2)[C@H](O)[C@H](OCc2ccccc2)[C@H]1OC(=O)CCC. The minimum absolute atomic E-state index is 0.140. The largest absolute Gasteiger partial charge is 0.455 e. The molecule has 0 heterocycles. The molecule has 230 valence electrons. The molecule has 0 bridgehead atoms. The zero-order valence-electron chi connectivity index (χ0n) is 24.9. The zero-order chi connectivity index (χ0) is 30.4. The molecule has 1 fully saturated rings. The molecule has 1 aliphatic rings. The Hall–Kier alpha value is -3.56. The second kappa shape index (κ2) is 16.9. The van der Waals surface area contributed by atoms with Gasteiger partial charge in [0.1, 0.15) is 24.4 Å². The van der Waals surface area contributed by atoms with Crippen molar-refractivity contribution < 1.29 is 38.4 Å². The van der Waals surface area contributed by atoms with Gasteiger partial charge in [-0.25, -0.2) is 0 Å². The van der Waals surface area contributed by atoms with Crippen molar-refractivity contribution in [2.24, 2.45) is 0 Å². The van der Waals surface area contributed by atoms with Gasteiger partial charge in [-0.1, -0.05) is 105 Å².